The summed E-state index contributed by atoms with van der Waals surface area (Å²) in [5.41, 5.74) is -0.262. The standard InChI is InChI=1S/C30H46F5N3O4S2/c1-22-21-23(15-16-24(22)38(44(41)42)27(2,3)4)37-25(39)28(5,6)36(26(37)40)18-12-10-8-7-9-11-13-19-43-20-14-17-29(31,32)30(33,34)35/h15-16,21H,7-14,17-20H2,1-6H3,(H,41,42)/p-1. The van der Waals surface area contributed by atoms with E-state index in [0.717, 1.165) is 55.6 Å². The molecule has 0 radical (unpaired) electrons. The van der Waals surface area contributed by atoms with Crippen LogP contribution in [0.5, 0.6) is 0 Å². The van der Waals surface area contributed by atoms with Crippen molar-refractivity contribution in [3.8, 4) is 0 Å². The number of benzene rings is 1. The van der Waals surface area contributed by atoms with E-state index in [9.17, 15) is 40.3 Å². The van der Waals surface area contributed by atoms with Gasteiger partial charge in [0.2, 0.25) is 0 Å². The summed E-state index contributed by atoms with van der Waals surface area (Å²) < 4.78 is 87.4. The molecule has 7 nitrogen and oxygen atoms in total. The summed E-state index contributed by atoms with van der Waals surface area (Å²) in [5, 5.41) is 0. The van der Waals surface area contributed by atoms with Gasteiger partial charge < -0.3 is 9.45 Å². The Kier molecular flexibility index (Phi) is 13.5. The molecule has 0 aromatic heterocycles. The SMILES string of the molecule is Cc1cc(N2C(=O)N(CCCCCCCCCSCCCC(F)(F)C(F)(F)F)C(C)(C)C2=O)ccc1N(S(=O)[O-])C(C)(C)C. The van der Waals surface area contributed by atoms with Gasteiger partial charge in [-0.1, -0.05) is 32.1 Å². The number of carbonyl (C=O) groups excluding carboxylic acids is 2. The summed E-state index contributed by atoms with van der Waals surface area (Å²) >= 11 is -1.12. The Morgan fingerprint density at radius 3 is 1.98 bits per heavy atom. The lowest BCUT2D eigenvalue weighted by Gasteiger charge is -2.39. The fourth-order valence-electron chi connectivity index (χ4n) is 5.11. The van der Waals surface area contributed by atoms with E-state index in [2.05, 4.69) is 0 Å². The van der Waals surface area contributed by atoms with E-state index in [1.54, 1.807) is 64.6 Å². The van der Waals surface area contributed by atoms with Crippen molar-refractivity contribution in [1.29, 1.82) is 0 Å². The molecule has 1 heterocycles. The van der Waals surface area contributed by atoms with Gasteiger partial charge in [0.15, 0.2) is 0 Å². The maximum absolute atomic E-state index is 13.4. The van der Waals surface area contributed by atoms with Gasteiger partial charge in [-0.3, -0.25) is 13.3 Å². The molecule has 0 saturated carbocycles. The van der Waals surface area contributed by atoms with Crippen molar-refractivity contribution in [3.05, 3.63) is 23.8 Å². The Morgan fingerprint density at radius 1 is 0.909 bits per heavy atom. The third-order valence-corrected chi connectivity index (χ3v) is 9.80. The molecular formula is C30H45F5N3O4S2-. The van der Waals surface area contributed by atoms with Crippen molar-refractivity contribution >= 4 is 46.3 Å². The molecule has 3 amide bonds. The second kappa shape index (κ2) is 15.6. The van der Waals surface area contributed by atoms with Gasteiger partial charge in [-0.25, -0.2) is 9.69 Å². The first kappa shape index (κ1) is 38.3. The highest BCUT2D eigenvalue weighted by Crippen LogP contribution is 2.39. The first-order chi connectivity index (χ1) is 20.2. The van der Waals surface area contributed by atoms with Gasteiger partial charge in [0.1, 0.15) is 5.54 Å². The number of amides is 3. The van der Waals surface area contributed by atoms with Gasteiger partial charge in [0.25, 0.3) is 5.91 Å². The van der Waals surface area contributed by atoms with Gasteiger partial charge >= 0.3 is 18.1 Å². The minimum Gasteiger partial charge on any atom is -0.755 e. The molecule has 1 aromatic carbocycles. The largest absolute Gasteiger partial charge is 0.755 e. The molecule has 1 aliphatic heterocycles. The van der Waals surface area contributed by atoms with Crippen LogP contribution >= 0.6 is 11.8 Å². The fourth-order valence-corrected chi connectivity index (χ4v) is 6.88. The van der Waals surface area contributed by atoms with Crippen molar-refractivity contribution in [2.24, 2.45) is 0 Å². The molecular weight excluding hydrogens is 625 g/mol. The first-order valence-corrected chi connectivity index (χ1v) is 17.1. The van der Waals surface area contributed by atoms with Crippen LogP contribution < -0.4 is 9.21 Å². The summed E-state index contributed by atoms with van der Waals surface area (Å²) in [7, 11) is 0. The number of nitrogens with zero attached hydrogens (tertiary/aromatic N) is 3. The maximum Gasteiger partial charge on any atom is 0.453 e. The number of urea groups is 1. The maximum atomic E-state index is 13.4. The number of thioether (sulfide) groups is 1. The van der Waals surface area contributed by atoms with Crippen LogP contribution in [0.25, 0.3) is 0 Å². The molecule has 0 aliphatic carbocycles. The Hall–Kier alpha value is -1.93. The van der Waals surface area contributed by atoms with E-state index in [0.29, 0.717) is 23.5 Å². The highest BCUT2D eigenvalue weighted by Gasteiger charge is 2.56. The fraction of sp³-hybridized carbons (Fsp3) is 0.733. The molecule has 1 saturated heterocycles. The molecule has 0 N–H and O–H groups in total. The van der Waals surface area contributed by atoms with Crippen molar-refractivity contribution < 1.29 is 40.3 Å². The van der Waals surface area contributed by atoms with Crippen LogP contribution in [0.1, 0.15) is 98.0 Å². The Morgan fingerprint density at radius 2 is 1.45 bits per heavy atom. The van der Waals surface area contributed by atoms with Crippen LogP contribution in [0.15, 0.2) is 18.2 Å². The van der Waals surface area contributed by atoms with Crippen molar-refractivity contribution in [3.63, 3.8) is 0 Å². The molecule has 2 rings (SSSR count). The monoisotopic (exact) mass is 670 g/mol. The van der Waals surface area contributed by atoms with Crippen LogP contribution in [0.2, 0.25) is 0 Å². The van der Waals surface area contributed by atoms with E-state index >= 15 is 0 Å². The molecule has 252 valence electrons. The van der Waals surface area contributed by atoms with Crippen LogP contribution in [0.4, 0.5) is 38.1 Å². The highest BCUT2D eigenvalue weighted by atomic mass is 32.2. The number of alkyl halides is 5. The van der Waals surface area contributed by atoms with E-state index in [1.165, 1.54) is 16.1 Å². The van der Waals surface area contributed by atoms with Gasteiger partial charge in [-0.05, 0) is 96.1 Å². The third kappa shape index (κ3) is 9.78. The molecule has 0 bridgehead atoms. The normalized spacial score (nSPS) is 16.6. The predicted octanol–water partition coefficient (Wildman–Crippen LogP) is 8.38. The summed E-state index contributed by atoms with van der Waals surface area (Å²) in [6, 6.07) is 4.45. The summed E-state index contributed by atoms with van der Waals surface area (Å²) in [5.74, 6) is -3.96. The van der Waals surface area contributed by atoms with Gasteiger partial charge in [-0.2, -0.15) is 33.7 Å². The van der Waals surface area contributed by atoms with E-state index < -0.39 is 46.9 Å². The number of halogens is 5. The Labute approximate surface area is 264 Å². The number of hydrogen-bond donors (Lipinski definition) is 0. The summed E-state index contributed by atoms with van der Waals surface area (Å²) in [6.45, 7) is 10.9. The van der Waals surface area contributed by atoms with Crippen LogP contribution in [-0.2, 0) is 16.1 Å². The molecule has 1 aliphatic rings. The lowest BCUT2D eigenvalue weighted by atomic mass is 10.0. The van der Waals surface area contributed by atoms with Crippen molar-refractivity contribution in [2.45, 2.75) is 123 Å². The second-order valence-electron chi connectivity index (χ2n) is 12.7. The third-order valence-electron chi connectivity index (χ3n) is 7.60. The smallest absolute Gasteiger partial charge is 0.453 e. The van der Waals surface area contributed by atoms with E-state index in [4.69, 9.17) is 0 Å². The minimum absolute atomic E-state index is 0.176. The number of rotatable bonds is 17. The van der Waals surface area contributed by atoms with Crippen molar-refractivity contribution in [1.82, 2.24) is 4.90 Å². The van der Waals surface area contributed by atoms with Gasteiger partial charge in [0, 0.05) is 29.8 Å². The number of hydrogen-bond acceptors (Lipinski definition) is 5. The average molecular weight is 671 g/mol. The van der Waals surface area contributed by atoms with Crippen LogP contribution in [0.3, 0.4) is 0 Å². The van der Waals surface area contributed by atoms with Gasteiger partial charge in [-0.15, -0.1) is 0 Å². The zero-order valence-corrected chi connectivity index (χ0v) is 28.0. The van der Waals surface area contributed by atoms with Crippen LogP contribution in [0, 0.1) is 6.92 Å². The zero-order valence-electron chi connectivity index (χ0n) is 26.4. The number of aryl methyl sites for hydroxylation is 1. The molecule has 1 atom stereocenters. The quantitative estimate of drug-likeness (QED) is 0.0720. The molecule has 1 fully saturated rings. The zero-order chi connectivity index (χ0) is 33.5. The molecule has 0 spiro atoms. The lowest BCUT2D eigenvalue weighted by Crippen LogP contribution is -2.44. The van der Waals surface area contributed by atoms with E-state index in [1.807, 2.05) is 0 Å². The molecule has 44 heavy (non-hydrogen) atoms. The summed E-state index contributed by atoms with van der Waals surface area (Å²) in [6.07, 6.45) is -0.500. The highest BCUT2D eigenvalue weighted by molar-refractivity contribution is 7.99. The lowest BCUT2D eigenvalue weighted by molar-refractivity contribution is -0.284. The number of carbonyl (C=O) groups is 2. The van der Waals surface area contributed by atoms with Crippen molar-refractivity contribution in [2.75, 3.05) is 27.3 Å². The number of imide groups is 1. The first-order valence-electron chi connectivity index (χ1n) is 14.9. The average Bonchev–Trinajstić information content (AvgIpc) is 3.04. The number of unbranched alkanes of at least 4 members (excludes halogenated alkanes) is 6. The molecule has 1 aromatic rings. The predicted molar refractivity (Wildman–Crippen MR) is 166 cm³/mol. The van der Waals surface area contributed by atoms with Crippen LogP contribution in [-0.4, -0.2) is 66.8 Å². The number of anilines is 2. The Bertz CT molecular complexity index is 1160. The topological polar surface area (TPSA) is 84.0 Å². The minimum atomic E-state index is -5.48. The molecule has 1 unspecified atom stereocenters. The summed E-state index contributed by atoms with van der Waals surface area (Å²) in [4.78, 5) is 29.4. The Balaban J connectivity index is 1.76. The van der Waals surface area contributed by atoms with E-state index in [-0.39, 0.29) is 18.1 Å². The second-order valence-corrected chi connectivity index (χ2v) is 14.7. The molecule has 14 heteroatoms. The van der Waals surface area contributed by atoms with Gasteiger partial charge in [0.05, 0.1) is 11.4 Å².